The number of hydrogen-bond donors (Lipinski definition) is 2. The second kappa shape index (κ2) is 8.85. The Balaban J connectivity index is 2.00. The highest BCUT2D eigenvalue weighted by Gasteiger charge is 2.17. The molecule has 0 radical (unpaired) electrons. The number of nitrogens with one attached hydrogen (secondary N) is 2. The number of amides is 2. The summed E-state index contributed by atoms with van der Waals surface area (Å²) >= 11 is 3.42. The number of hydrogen-bond acceptors (Lipinski definition) is 2. The van der Waals surface area contributed by atoms with Gasteiger partial charge in [-0.25, -0.2) is 4.79 Å². The zero-order chi connectivity index (χ0) is 17.5. The second-order valence-electron chi connectivity index (χ2n) is 6.12. The smallest absolute Gasteiger partial charge is 0.315 e. The average molecular weight is 390 g/mol. The van der Waals surface area contributed by atoms with E-state index in [4.69, 9.17) is 0 Å². The minimum absolute atomic E-state index is 0.0571. The third-order valence-corrected chi connectivity index (χ3v) is 4.30. The minimum Gasteiger partial charge on any atom is -0.332 e. The van der Waals surface area contributed by atoms with Gasteiger partial charge in [-0.15, -0.1) is 0 Å². The van der Waals surface area contributed by atoms with E-state index >= 15 is 0 Å². The average Bonchev–Trinajstić information content (AvgIpc) is 2.55. The molecule has 0 saturated carbocycles. The number of likely N-dealkylation sites (N-methyl/N-ethyl adjacent to an activating group) is 1. The summed E-state index contributed by atoms with van der Waals surface area (Å²) in [7, 11) is 4.00. The molecule has 0 aliphatic heterocycles. The van der Waals surface area contributed by atoms with Gasteiger partial charge >= 0.3 is 6.03 Å². The first-order valence-electron chi connectivity index (χ1n) is 7.98. The number of halogens is 1. The molecule has 2 amide bonds. The highest BCUT2D eigenvalue weighted by Crippen LogP contribution is 2.17. The third-order valence-electron chi connectivity index (χ3n) is 3.77. The summed E-state index contributed by atoms with van der Waals surface area (Å²) in [6, 6.07) is 17.7. The molecule has 0 aromatic heterocycles. The van der Waals surface area contributed by atoms with Gasteiger partial charge in [-0.05, 0) is 44.3 Å². The lowest BCUT2D eigenvalue weighted by atomic mass is 10.1. The summed E-state index contributed by atoms with van der Waals surface area (Å²) in [6.45, 7) is 2.72. The standard InChI is InChI=1S/C19H24BrN3O/c1-14(15-9-11-17(20)12-10-15)21-19(24)22-18(13-23(2)3)16-7-5-4-6-8-16/h4-12,14,18H,13H2,1-3H3,(H2,21,22,24). The summed E-state index contributed by atoms with van der Waals surface area (Å²) in [4.78, 5) is 14.5. The largest absolute Gasteiger partial charge is 0.332 e. The van der Waals surface area contributed by atoms with Crippen molar-refractivity contribution in [1.82, 2.24) is 15.5 Å². The van der Waals surface area contributed by atoms with Crippen molar-refractivity contribution in [3.63, 3.8) is 0 Å². The monoisotopic (exact) mass is 389 g/mol. The molecule has 2 rings (SSSR count). The van der Waals surface area contributed by atoms with Gasteiger partial charge in [0.15, 0.2) is 0 Å². The minimum atomic E-state index is -0.166. The van der Waals surface area contributed by atoms with E-state index in [-0.39, 0.29) is 18.1 Å². The van der Waals surface area contributed by atoms with E-state index in [0.29, 0.717) is 0 Å². The Morgan fingerprint density at radius 1 is 1.00 bits per heavy atom. The van der Waals surface area contributed by atoms with Crippen molar-refractivity contribution in [1.29, 1.82) is 0 Å². The van der Waals surface area contributed by atoms with E-state index in [9.17, 15) is 4.79 Å². The van der Waals surface area contributed by atoms with Crippen LogP contribution in [0.3, 0.4) is 0 Å². The van der Waals surface area contributed by atoms with E-state index in [0.717, 1.165) is 22.1 Å². The molecule has 2 aromatic rings. The Morgan fingerprint density at radius 3 is 2.21 bits per heavy atom. The lowest BCUT2D eigenvalue weighted by Gasteiger charge is -2.24. The van der Waals surface area contributed by atoms with Crippen LogP contribution >= 0.6 is 15.9 Å². The molecular weight excluding hydrogens is 366 g/mol. The quantitative estimate of drug-likeness (QED) is 0.780. The molecule has 2 atom stereocenters. The van der Waals surface area contributed by atoms with Gasteiger partial charge in [0.25, 0.3) is 0 Å². The topological polar surface area (TPSA) is 44.4 Å². The molecule has 2 N–H and O–H groups in total. The molecule has 0 fully saturated rings. The van der Waals surface area contributed by atoms with Crippen molar-refractivity contribution in [2.75, 3.05) is 20.6 Å². The first-order valence-corrected chi connectivity index (χ1v) is 8.77. The van der Waals surface area contributed by atoms with Crippen LogP contribution in [0.5, 0.6) is 0 Å². The first-order chi connectivity index (χ1) is 11.5. The van der Waals surface area contributed by atoms with E-state index in [1.54, 1.807) is 0 Å². The SMILES string of the molecule is CC(NC(=O)NC(CN(C)C)c1ccccc1)c1ccc(Br)cc1. The molecule has 4 nitrogen and oxygen atoms in total. The maximum Gasteiger partial charge on any atom is 0.315 e. The summed E-state index contributed by atoms with van der Waals surface area (Å²) < 4.78 is 1.03. The van der Waals surface area contributed by atoms with Gasteiger partial charge < -0.3 is 15.5 Å². The highest BCUT2D eigenvalue weighted by molar-refractivity contribution is 9.10. The van der Waals surface area contributed by atoms with Gasteiger partial charge in [0, 0.05) is 11.0 Å². The van der Waals surface area contributed by atoms with Crippen LogP contribution < -0.4 is 10.6 Å². The number of nitrogens with zero attached hydrogens (tertiary/aromatic N) is 1. The highest BCUT2D eigenvalue weighted by atomic mass is 79.9. The zero-order valence-electron chi connectivity index (χ0n) is 14.3. The van der Waals surface area contributed by atoms with Crippen LogP contribution in [-0.4, -0.2) is 31.6 Å². The Kier molecular flexibility index (Phi) is 6.82. The van der Waals surface area contributed by atoms with Gasteiger partial charge in [-0.1, -0.05) is 58.4 Å². The van der Waals surface area contributed by atoms with Crippen LogP contribution in [0.15, 0.2) is 59.1 Å². The molecule has 2 aromatic carbocycles. The number of carbonyl (C=O) groups is 1. The van der Waals surface area contributed by atoms with Crippen LogP contribution in [0.4, 0.5) is 4.79 Å². The summed E-state index contributed by atoms with van der Waals surface area (Å²) in [5.74, 6) is 0. The number of carbonyl (C=O) groups excluding carboxylic acids is 1. The number of urea groups is 1. The van der Waals surface area contributed by atoms with Gasteiger partial charge in [-0.3, -0.25) is 0 Å². The molecule has 5 heteroatoms. The maximum absolute atomic E-state index is 12.4. The molecule has 128 valence electrons. The predicted molar refractivity (Wildman–Crippen MR) is 102 cm³/mol. The zero-order valence-corrected chi connectivity index (χ0v) is 15.9. The van der Waals surface area contributed by atoms with E-state index in [1.165, 1.54) is 0 Å². The summed E-state index contributed by atoms with van der Waals surface area (Å²) in [6.07, 6.45) is 0. The predicted octanol–water partition coefficient (Wildman–Crippen LogP) is 4.11. The Labute approximate surface area is 152 Å². The molecule has 0 aliphatic carbocycles. The van der Waals surface area contributed by atoms with Crippen molar-refractivity contribution in [2.24, 2.45) is 0 Å². The van der Waals surface area contributed by atoms with Crippen LogP contribution in [0, 0.1) is 0 Å². The molecule has 24 heavy (non-hydrogen) atoms. The van der Waals surface area contributed by atoms with Gasteiger partial charge in [-0.2, -0.15) is 0 Å². The van der Waals surface area contributed by atoms with Crippen LogP contribution in [0.1, 0.15) is 30.1 Å². The number of rotatable bonds is 6. The van der Waals surface area contributed by atoms with Crippen molar-refractivity contribution in [2.45, 2.75) is 19.0 Å². The normalized spacial score (nSPS) is 13.4. The van der Waals surface area contributed by atoms with Crippen molar-refractivity contribution in [3.8, 4) is 0 Å². The van der Waals surface area contributed by atoms with E-state index < -0.39 is 0 Å². The number of benzene rings is 2. The lowest BCUT2D eigenvalue weighted by molar-refractivity contribution is 0.230. The first kappa shape index (κ1) is 18.5. The molecule has 0 bridgehead atoms. The third kappa shape index (κ3) is 5.65. The molecule has 0 aliphatic rings. The lowest BCUT2D eigenvalue weighted by Crippen LogP contribution is -2.42. The fraction of sp³-hybridized carbons (Fsp3) is 0.316. The molecule has 0 saturated heterocycles. The van der Waals surface area contributed by atoms with Gasteiger partial charge in [0.2, 0.25) is 0 Å². The molecular formula is C19H24BrN3O. The molecule has 0 heterocycles. The fourth-order valence-corrected chi connectivity index (χ4v) is 2.78. The van der Waals surface area contributed by atoms with E-state index in [1.807, 2.05) is 75.6 Å². The van der Waals surface area contributed by atoms with Crippen LogP contribution in [0.2, 0.25) is 0 Å². The molecule has 2 unspecified atom stereocenters. The van der Waals surface area contributed by atoms with Gasteiger partial charge in [0.05, 0.1) is 12.1 Å². The second-order valence-corrected chi connectivity index (χ2v) is 7.03. The van der Waals surface area contributed by atoms with Crippen LogP contribution in [-0.2, 0) is 0 Å². The van der Waals surface area contributed by atoms with Crippen molar-refractivity contribution >= 4 is 22.0 Å². The Hall–Kier alpha value is -1.85. The van der Waals surface area contributed by atoms with Crippen LogP contribution in [0.25, 0.3) is 0 Å². The summed E-state index contributed by atoms with van der Waals surface area (Å²) in [5.41, 5.74) is 2.16. The fourth-order valence-electron chi connectivity index (χ4n) is 2.52. The van der Waals surface area contributed by atoms with E-state index in [2.05, 4.69) is 31.5 Å². The van der Waals surface area contributed by atoms with Gasteiger partial charge in [0.1, 0.15) is 0 Å². The van der Waals surface area contributed by atoms with Crippen molar-refractivity contribution in [3.05, 3.63) is 70.2 Å². The maximum atomic E-state index is 12.4. The summed E-state index contributed by atoms with van der Waals surface area (Å²) in [5, 5.41) is 6.08. The Bertz CT molecular complexity index is 643. The molecule has 0 spiro atoms. The van der Waals surface area contributed by atoms with Crippen molar-refractivity contribution < 1.29 is 4.79 Å². The Morgan fingerprint density at radius 2 is 1.62 bits per heavy atom.